The highest BCUT2D eigenvalue weighted by Gasteiger charge is 2.18. The van der Waals surface area contributed by atoms with E-state index in [2.05, 4.69) is 0 Å². The highest BCUT2D eigenvalue weighted by atomic mass is 16.5. The zero-order chi connectivity index (χ0) is 18.2. The van der Waals surface area contributed by atoms with Crippen LogP contribution < -0.4 is 4.90 Å². The number of nitriles is 1. The number of anilines is 1. The summed E-state index contributed by atoms with van der Waals surface area (Å²) < 4.78 is 5.20. The summed E-state index contributed by atoms with van der Waals surface area (Å²) in [7, 11) is 0. The molecule has 0 bridgehead atoms. The molecule has 0 heterocycles. The molecule has 0 aromatic heterocycles. The first-order valence-electron chi connectivity index (χ1n) is 7.99. The van der Waals surface area contributed by atoms with Crippen LogP contribution in [0.3, 0.4) is 0 Å². The van der Waals surface area contributed by atoms with Gasteiger partial charge in [-0.1, -0.05) is 35.9 Å². The molecule has 0 spiro atoms. The second-order valence-corrected chi connectivity index (χ2v) is 5.68. The third kappa shape index (κ3) is 4.92. The molecule has 1 amide bonds. The maximum Gasteiger partial charge on any atom is 0.338 e. The van der Waals surface area contributed by atoms with Gasteiger partial charge >= 0.3 is 5.97 Å². The van der Waals surface area contributed by atoms with Crippen molar-refractivity contribution in [1.29, 1.82) is 5.26 Å². The molecule has 2 rings (SSSR count). The second kappa shape index (κ2) is 8.65. The van der Waals surface area contributed by atoms with Gasteiger partial charge in [-0.15, -0.1) is 0 Å². The number of nitrogens with zero attached hydrogens (tertiary/aromatic N) is 2. The Labute approximate surface area is 147 Å². The summed E-state index contributed by atoms with van der Waals surface area (Å²) in [5.41, 5.74) is 2.87. The zero-order valence-electron chi connectivity index (χ0n) is 14.4. The first kappa shape index (κ1) is 18.2. The predicted molar refractivity (Wildman–Crippen MR) is 95.2 cm³/mol. The summed E-state index contributed by atoms with van der Waals surface area (Å²) in [6.07, 6.45) is 0.200. The van der Waals surface area contributed by atoms with Crippen LogP contribution in [0.2, 0.25) is 0 Å². The van der Waals surface area contributed by atoms with Crippen LogP contribution in [-0.4, -0.2) is 25.0 Å². The summed E-state index contributed by atoms with van der Waals surface area (Å²) in [5.74, 6) is -0.886. The molecule has 0 aliphatic heterocycles. The fraction of sp³-hybridized carbons (Fsp3) is 0.250. The normalized spacial score (nSPS) is 9.96. The number of aryl methyl sites for hydroxylation is 2. The van der Waals surface area contributed by atoms with Gasteiger partial charge in [-0.2, -0.15) is 5.26 Å². The van der Waals surface area contributed by atoms with Crippen molar-refractivity contribution in [2.75, 3.05) is 18.1 Å². The number of amides is 1. The molecule has 0 saturated carbocycles. The Bertz CT molecular complexity index is 794. The van der Waals surface area contributed by atoms with Gasteiger partial charge in [0.1, 0.15) is 0 Å². The highest BCUT2D eigenvalue weighted by molar-refractivity contribution is 5.97. The molecular weight excluding hydrogens is 316 g/mol. The van der Waals surface area contributed by atoms with Crippen molar-refractivity contribution >= 4 is 17.6 Å². The molecule has 0 atom stereocenters. The first-order valence-corrected chi connectivity index (χ1v) is 7.99. The Balaban J connectivity index is 2.07. The lowest BCUT2D eigenvalue weighted by Crippen LogP contribution is -2.35. The van der Waals surface area contributed by atoms with Crippen molar-refractivity contribution in [2.24, 2.45) is 0 Å². The van der Waals surface area contributed by atoms with Crippen molar-refractivity contribution < 1.29 is 14.3 Å². The number of ether oxygens (including phenoxy) is 1. The Kier molecular flexibility index (Phi) is 6.30. The van der Waals surface area contributed by atoms with Crippen LogP contribution in [0.4, 0.5) is 5.69 Å². The third-order valence-electron chi connectivity index (χ3n) is 3.76. The van der Waals surface area contributed by atoms with Crippen LogP contribution in [0.1, 0.15) is 27.9 Å². The van der Waals surface area contributed by atoms with Gasteiger partial charge in [-0.3, -0.25) is 4.79 Å². The molecule has 5 nitrogen and oxygen atoms in total. The van der Waals surface area contributed by atoms with Gasteiger partial charge in [0, 0.05) is 12.2 Å². The average molecular weight is 336 g/mol. The third-order valence-corrected chi connectivity index (χ3v) is 3.76. The van der Waals surface area contributed by atoms with Gasteiger partial charge in [0.05, 0.1) is 18.1 Å². The van der Waals surface area contributed by atoms with Gasteiger partial charge in [-0.25, -0.2) is 4.79 Å². The Morgan fingerprint density at radius 3 is 2.52 bits per heavy atom. The number of hydrogen-bond donors (Lipinski definition) is 0. The molecule has 0 saturated heterocycles. The summed E-state index contributed by atoms with van der Waals surface area (Å²) >= 11 is 0. The van der Waals surface area contributed by atoms with Gasteiger partial charge in [0.25, 0.3) is 5.91 Å². The number of benzene rings is 2. The minimum absolute atomic E-state index is 0.200. The number of carbonyl (C=O) groups is 2. The minimum Gasteiger partial charge on any atom is -0.452 e. The number of rotatable bonds is 6. The molecule has 0 aliphatic rings. The minimum atomic E-state index is -0.525. The second-order valence-electron chi connectivity index (χ2n) is 5.68. The van der Waals surface area contributed by atoms with E-state index in [1.54, 1.807) is 18.2 Å². The summed E-state index contributed by atoms with van der Waals surface area (Å²) in [6, 6.07) is 16.5. The van der Waals surface area contributed by atoms with E-state index in [1.807, 2.05) is 50.2 Å². The molecular formula is C20H20N2O3. The van der Waals surface area contributed by atoms with E-state index in [4.69, 9.17) is 10.00 Å². The summed E-state index contributed by atoms with van der Waals surface area (Å²) in [5, 5.41) is 8.79. The van der Waals surface area contributed by atoms with Crippen LogP contribution in [-0.2, 0) is 9.53 Å². The van der Waals surface area contributed by atoms with E-state index < -0.39 is 5.97 Å². The lowest BCUT2D eigenvalue weighted by molar-refractivity contribution is -0.121. The van der Waals surface area contributed by atoms with E-state index in [0.29, 0.717) is 11.3 Å². The van der Waals surface area contributed by atoms with Crippen LogP contribution in [0.15, 0.2) is 48.5 Å². The lowest BCUT2D eigenvalue weighted by atomic mass is 10.1. The molecule has 128 valence electrons. The highest BCUT2D eigenvalue weighted by Crippen LogP contribution is 2.15. The maximum absolute atomic E-state index is 12.5. The molecule has 0 unspecified atom stereocenters. The van der Waals surface area contributed by atoms with E-state index in [0.717, 1.165) is 11.1 Å². The van der Waals surface area contributed by atoms with E-state index in [-0.39, 0.29) is 25.5 Å². The van der Waals surface area contributed by atoms with Crippen LogP contribution in [0.5, 0.6) is 0 Å². The van der Waals surface area contributed by atoms with Crippen molar-refractivity contribution in [3.05, 3.63) is 65.2 Å². The molecule has 25 heavy (non-hydrogen) atoms. The largest absolute Gasteiger partial charge is 0.452 e. The van der Waals surface area contributed by atoms with Crippen molar-refractivity contribution in [1.82, 2.24) is 0 Å². The van der Waals surface area contributed by atoms with Crippen molar-refractivity contribution in [2.45, 2.75) is 20.3 Å². The van der Waals surface area contributed by atoms with E-state index in [1.165, 1.54) is 4.90 Å². The topological polar surface area (TPSA) is 70.4 Å². The standard InChI is InChI=1S/C20H20N2O3/c1-15-9-10-16(2)18(13-15)20(24)25-14-19(23)22(12-6-11-21)17-7-4-3-5-8-17/h3-5,7-10,13H,6,12,14H2,1-2H3. The number of carbonyl (C=O) groups excluding carboxylic acids is 2. The molecule has 0 radical (unpaired) electrons. The Morgan fingerprint density at radius 1 is 1.12 bits per heavy atom. The van der Waals surface area contributed by atoms with Crippen LogP contribution in [0.25, 0.3) is 0 Å². The molecule has 0 aliphatic carbocycles. The van der Waals surface area contributed by atoms with E-state index in [9.17, 15) is 9.59 Å². The quantitative estimate of drug-likeness (QED) is 0.758. The van der Waals surface area contributed by atoms with Crippen LogP contribution in [0, 0.1) is 25.2 Å². The van der Waals surface area contributed by atoms with Gasteiger partial charge in [0.15, 0.2) is 6.61 Å². The smallest absolute Gasteiger partial charge is 0.338 e. The van der Waals surface area contributed by atoms with Crippen molar-refractivity contribution in [3.8, 4) is 6.07 Å². The Hall–Kier alpha value is -3.13. The maximum atomic E-state index is 12.5. The monoisotopic (exact) mass is 336 g/mol. The van der Waals surface area contributed by atoms with Gasteiger partial charge in [0.2, 0.25) is 0 Å². The van der Waals surface area contributed by atoms with E-state index >= 15 is 0 Å². The molecule has 0 fully saturated rings. The lowest BCUT2D eigenvalue weighted by Gasteiger charge is -2.21. The first-order chi connectivity index (χ1) is 12.0. The average Bonchev–Trinajstić information content (AvgIpc) is 2.63. The fourth-order valence-electron chi connectivity index (χ4n) is 2.41. The molecule has 0 N–H and O–H groups in total. The summed E-state index contributed by atoms with van der Waals surface area (Å²) in [6.45, 7) is 3.59. The molecule has 2 aromatic carbocycles. The fourth-order valence-corrected chi connectivity index (χ4v) is 2.41. The number of esters is 1. The van der Waals surface area contributed by atoms with Gasteiger partial charge in [-0.05, 0) is 37.6 Å². The SMILES string of the molecule is Cc1ccc(C)c(C(=O)OCC(=O)N(CCC#N)c2ccccc2)c1. The predicted octanol–water partition coefficient (Wildman–Crippen LogP) is 3.41. The number of para-hydroxylation sites is 1. The number of hydrogen-bond acceptors (Lipinski definition) is 4. The van der Waals surface area contributed by atoms with Gasteiger partial charge < -0.3 is 9.64 Å². The van der Waals surface area contributed by atoms with Crippen molar-refractivity contribution in [3.63, 3.8) is 0 Å². The molecule has 5 heteroatoms. The Morgan fingerprint density at radius 2 is 1.84 bits per heavy atom. The zero-order valence-corrected chi connectivity index (χ0v) is 14.4. The van der Waals surface area contributed by atoms with Crippen LogP contribution >= 0.6 is 0 Å². The molecule has 2 aromatic rings. The summed E-state index contributed by atoms with van der Waals surface area (Å²) in [4.78, 5) is 26.2.